The van der Waals surface area contributed by atoms with E-state index < -0.39 is 97.0 Å². The second-order valence-electron chi connectivity index (χ2n) is 13.3. The van der Waals surface area contributed by atoms with Crippen LogP contribution in [0.25, 0.3) is 0 Å². The van der Waals surface area contributed by atoms with Gasteiger partial charge >= 0.3 is 23.9 Å². The summed E-state index contributed by atoms with van der Waals surface area (Å²) in [6.07, 6.45) is -0.365. The molecular formula is C38H52N6O14S2. The number of ether oxygens (including phenoxy) is 2. The summed E-state index contributed by atoms with van der Waals surface area (Å²) in [6, 6.07) is 9.59. The summed E-state index contributed by atoms with van der Waals surface area (Å²) in [5.74, 6) is -8.84. The summed E-state index contributed by atoms with van der Waals surface area (Å²) in [5, 5.41) is 47.4. The highest BCUT2D eigenvalue weighted by Gasteiger charge is 2.30. The van der Waals surface area contributed by atoms with Crippen LogP contribution in [-0.4, -0.2) is 129 Å². The molecule has 22 heteroatoms. The van der Waals surface area contributed by atoms with Crippen molar-refractivity contribution in [3.05, 3.63) is 71.8 Å². The van der Waals surface area contributed by atoms with Gasteiger partial charge in [-0.05, 0) is 36.8 Å². The first-order valence-corrected chi connectivity index (χ1v) is 21.2. The van der Waals surface area contributed by atoms with Gasteiger partial charge < -0.3 is 62.6 Å². The second kappa shape index (κ2) is 28.3. The fraction of sp³-hybridized carbons (Fsp3) is 0.474. The Morgan fingerprint density at radius 3 is 1.18 bits per heavy atom. The Morgan fingerprint density at radius 1 is 0.517 bits per heavy atom. The maximum atomic E-state index is 13.4. The van der Waals surface area contributed by atoms with Crippen LogP contribution in [0.5, 0.6) is 0 Å². The standard InChI is InChI=1S/C38H52N6O14S2/c39-25(35(49)50)13-7-15-31(45)41-29(33(47)43-27(37(53)54)19-57-17-23-9-3-1-4-10-23)21-59-60-22-30(42-32(46)16-8-14-26(40)36(51)52)34(48)44-28(38(55)56)20-58-18-24-11-5-2-6-12-24/h1-6,9-12,25-30H,7-8,13-22,39-40H2,(H,41,45)(H,42,46)(H,43,47)(H,44,48)(H,49,50)(H,51,52)(H,53,54)(H,55,56)/t25-,26-,27+,28+,29?,30?/m0/s1. The van der Waals surface area contributed by atoms with Crippen molar-refractivity contribution in [1.29, 1.82) is 0 Å². The number of carboxylic acid groups (broad SMARTS) is 4. The zero-order chi connectivity index (χ0) is 44.5. The molecule has 2 rings (SSSR count). The lowest BCUT2D eigenvalue weighted by atomic mass is 10.1. The molecule has 0 saturated carbocycles. The van der Waals surface area contributed by atoms with Gasteiger partial charge in [0.15, 0.2) is 12.1 Å². The highest BCUT2D eigenvalue weighted by molar-refractivity contribution is 8.76. The Balaban J connectivity index is 2.15. The number of carboxylic acids is 4. The Bertz CT molecular complexity index is 1590. The smallest absolute Gasteiger partial charge is 0.328 e. The maximum Gasteiger partial charge on any atom is 0.328 e. The van der Waals surface area contributed by atoms with Crippen LogP contribution < -0.4 is 32.7 Å². The molecule has 6 atom stereocenters. The second-order valence-corrected chi connectivity index (χ2v) is 15.8. The number of hydrogen-bond donors (Lipinski definition) is 10. The van der Waals surface area contributed by atoms with Crippen LogP contribution in [0.1, 0.15) is 49.7 Å². The van der Waals surface area contributed by atoms with Crippen molar-refractivity contribution in [2.75, 3.05) is 24.7 Å². The molecule has 2 unspecified atom stereocenters. The lowest BCUT2D eigenvalue weighted by Gasteiger charge is -2.23. The topological polar surface area (TPSA) is 336 Å². The molecule has 2 aromatic carbocycles. The zero-order valence-electron chi connectivity index (χ0n) is 32.6. The minimum Gasteiger partial charge on any atom is -0.480 e. The maximum absolute atomic E-state index is 13.4. The lowest BCUT2D eigenvalue weighted by molar-refractivity contribution is -0.144. The molecule has 0 bridgehead atoms. The third-order valence-corrected chi connectivity index (χ3v) is 10.8. The molecule has 0 spiro atoms. The number of hydrogen-bond acceptors (Lipinski definition) is 14. The fourth-order valence-electron chi connectivity index (χ4n) is 4.97. The Kier molecular flexibility index (Phi) is 24.0. The monoisotopic (exact) mass is 880 g/mol. The van der Waals surface area contributed by atoms with Gasteiger partial charge in [-0.3, -0.25) is 28.8 Å². The first-order valence-electron chi connectivity index (χ1n) is 18.7. The molecule has 0 aliphatic carbocycles. The van der Waals surface area contributed by atoms with Gasteiger partial charge in [0, 0.05) is 24.3 Å². The average molecular weight is 881 g/mol. The molecule has 0 aliphatic heterocycles. The molecule has 4 amide bonds. The van der Waals surface area contributed by atoms with Crippen LogP contribution in [0.15, 0.2) is 60.7 Å². The van der Waals surface area contributed by atoms with E-state index in [-0.39, 0.29) is 63.2 Å². The normalized spacial score (nSPS) is 14.0. The number of rotatable bonds is 31. The summed E-state index contributed by atoms with van der Waals surface area (Å²) in [7, 11) is 1.92. The number of nitrogens with one attached hydrogen (secondary N) is 4. The molecule has 2 aromatic rings. The van der Waals surface area contributed by atoms with E-state index >= 15 is 0 Å². The Labute approximate surface area is 353 Å². The fourth-order valence-corrected chi connectivity index (χ4v) is 7.30. The van der Waals surface area contributed by atoms with Crippen molar-refractivity contribution in [3.8, 4) is 0 Å². The Hall–Kier alpha value is -5.26. The summed E-state index contributed by atoms with van der Waals surface area (Å²) < 4.78 is 11.0. The quantitative estimate of drug-likeness (QED) is 0.0354. The summed E-state index contributed by atoms with van der Waals surface area (Å²) >= 11 is 0. The van der Waals surface area contributed by atoms with Gasteiger partial charge in [0.2, 0.25) is 23.6 Å². The molecular weight excluding hydrogens is 829 g/mol. The van der Waals surface area contributed by atoms with Crippen LogP contribution >= 0.6 is 21.6 Å². The van der Waals surface area contributed by atoms with Crippen molar-refractivity contribution in [2.45, 2.75) is 88.0 Å². The molecule has 0 radical (unpaired) electrons. The van der Waals surface area contributed by atoms with E-state index in [9.17, 15) is 48.6 Å². The molecule has 0 saturated heterocycles. The molecule has 0 heterocycles. The molecule has 330 valence electrons. The molecule has 0 aromatic heterocycles. The van der Waals surface area contributed by atoms with Gasteiger partial charge in [0.1, 0.15) is 24.2 Å². The zero-order valence-corrected chi connectivity index (χ0v) is 34.2. The predicted octanol–water partition coefficient (Wildman–Crippen LogP) is 0.0742. The highest BCUT2D eigenvalue weighted by Crippen LogP contribution is 2.24. The predicted molar refractivity (Wildman–Crippen MR) is 219 cm³/mol. The number of carbonyl (C=O) groups is 8. The van der Waals surface area contributed by atoms with Crippen molar-refractivity contribution in [2.24, 2.45) is 11.5 Å². The third-order valence-electron chi connectivity index (χ3n) is 8.35. The van der Waals surface area contributed by atoms with Crippen LogP contribution in [0.2, 0.25) is 0 Å². The minimum absolute atomic E-state index is 0.0342. The molecule has 0 fully saturated rings. The number of benzene rings is 2. The van der Waals surface area contributed by atoms with Crippen LogP contribution in [0.3, 0.4) is 0 Å². The van der Waals surface area contributed by atoms with E-state index in [1.165, 1.54) is 0 Å². The van der Waals surface area contributed by atoms with Gasteiger partial charge in [-0.25, -0.2) is 9.59 Å². The van der Waals surface area contributed by atoms with Gasteiger partial charge in [-0.1, -0.05) is 82.3 Å². The van der Waals surface area contributed by atoms with Crippen LogP contribution in [-0.2, 0) is 61.0 Å². The largest absolute Gasteiger partial charge is 0.480 e. The minimum atomic E-state index is -1.51. The van der Waals surface area contributed by atoms with Gasteiger partial charge in [-0.2, -0.15) is 0 Å². The number of nitrogens with two attached hydrogens (primary N) is 2. The van der Waals surface area contributed by atoms with Crippen molar-refractivity contribution in [1.82, 2.24) is 21.3 Å². The van der Waals surface area contributed by atoms with Crippen LogP contribution in [0, 0.1) is 0 Å². The first-order chi connectivity index (χ1) is 28.6. The van der Waals surface area contributed by atoms with Gasteiger partial charge in [0.05, 0.1) is 26.4 Å². The van der Waals surface area contributed by atoms with E-state index in [1.807, 2.05) is 0 Å². The van der Waals surface area contributed by atoms with E-state index in [0.29, 0.717) is 0 Å². The van der Waals surface area contributed by atoms with E-state index in [0.717, 1.165) is 32.7 Å². The first kappa shape index (κ1) is 50.9. The van der Waals surface area contributed by atoms with E-state index in [1.54, 1.807) is 60.7 Å². The van der Waals surface area contributed by atoms with Crippen molar-refractivity contribution in [3.63, 3.8) is 0 Å². The number of carbonyl (C=O) groups excluding carboxylic acids is 4. The lowest BCUT2D eigenvalue weighted by Crippen LogP contribution is -2.54. The molecule has 0 aliphatic rings. The van der Waals surface area contributed by atoms with Gasteiger partial charge in [-0.15, -0.1) is 0 Å². The number of amides is 4. The number of aliphatic carboxylic acids is 4. The Morgan fingerprint density at radius 2 is 0.867 bits per heavy atom. The van der Waals surface area contributed by atoms with E-state index in [2.05, 4.69) is 21.3 Å². The SMILES string of the molecule is N[C@@H](CCCC(=O)NC(CSSCC(NC(=O)CCC[C@H](N)C(=O)O)C(=O)N[C@H](COCc1ccccc1)C(=O)O)C(=O)N[C@H](COCc1ccccc1)C(=O)O)C(=O)O. The van der Waals surface area contributed by atoms with Crippen LogP contribution in [0.4, 0.5) is 0 Å². The highest BCUT2D eigenvalue weighted by atomic mass is 33.1. The van der Waals surface area contributed by atoms with E-state index in [4.69, 9.17) is 31.2 Å². The third kappa shape index (κ3) is 21.1. The summed E-state index contributed by atoms with van der Waals surface area (Å²) in [4.78, 5) is 98.8. The van der Waals surface area contributed by atoms with Crippen molar-refractivity contribution < 1.29 is 68.3 Å². The molecule has 60 heavy (non-hydrogen) atoms. The summed E-state index contributed by atoms with van der Waals surface area (Å²) in [6.45, 7) is -0.723. The van der Waals surface area contributed by atoms with Crippen molar-refractivity contribution >= 4 is 69.1 Å². The molecule has 20 nitrogen and oxygen atoms in total. The molecule has 12 N–H and O–H groups in total. The van der Waals surface area contributed by atoms with Gasteiger partial charge in [0.25, 0.3) is 0 Å². The summed E-state index contributed by atoms with van der Waals surface area (Å²) in [5.41, 5.74) is 12.5. The average Bonchev–Trinajstić information content (AvgIpc) is 3.20.